The first-order valence-electron chi connectivity index (χ1n) is 12.7. The Labute approximate surface area is 242 Å². The van der Waals surface area contributed by atoms with Gasteiger partial charge in [-0.15, -0.1) is 21.5 Å². The number of thiophene rings is 1. The predicted molar refractivity (Wildman–Crippen MR) is 148 cm³/mol. The van der Waals surface area contributed by atoms with Crippen molar-refractivity contribution in [1.29, 1.82) is 0 Å². The zero-order valence-electron chi connectivity index (χ0n) is 22.9. The van der Waals surface area contributed by atoms with Crippen molar-refractivity contribution in [2.75, 3.05) is 13.7 Å². The highest BCUT2D eigenvalue weighted by Crippen LogP contribution is 2.41. The summed E-state index contributed by atoms with van der Waals surface area (Å²) < 4.78 is 53.8. The first kappa shape index (κ1) is 29.0. The number of carbonyl (C=O) groups excluding carboxylic acids is 1. The van der Waals surface area contributed by atoms with Crippen molar-refractivity contribution in [3.63, 3.8) is 0 Å². The molecule has 1 atom stereocenters. The number of hydrogen-bond donors (Lipinski definition) is 1. The van der Waals surface area contributed by atoms with E-state index in [-0.39, 0.29) is 17.7 Å². The second kappa shape index (κ2) is 11.0. The molecule has 2 aromatic heterocycles. The summed E-state index contributed by atoms with van der Waals surface area (Å²) in [5.41, 5.74) is 2.27. The van der Waals surface area contributed by atoms with Crippen LogP contribution in [0, 0.1) is 20.8 Å². The van der Waals surface area contributed by atoms with E-state index in [4.69, 9.17) is 19.6 Å². The van der Waals surface area contributed by atoms with Crippen LogP contribution in [-0.4, -0.2) is 51.2 Å². The summed E-state index contributed by atoms with van der Waals surface area (Å²) in [5.74, 6) is -0.851. The molecule has 5 rings (SSSR count). The van der Waals surface area contributed by atoms with Crippen molar-refractivity contribution in [3.8, 4) is 21.9 Å². The monoisotopic (exact) mass is 598 g/mol. The largest absolute Gasteiger partial charge is 0.482 e. The maximum absolute atomic E-state index is 14.0. The lowest BCUT2D eigenvalue weighted by molar-refractivity contribution is -0.141. The Hall–Kier alpha value is -4.52. The number of fused-ring (bicyclic) bond motifs is 3. The number of benzene rings is 2. The highest BCUT2D eigenvalue weighted by Gasteiger charge is 2.35. The minimum Gasteiger partial charge on any atom is -0.482 e. The fraction of sp³-hybridized carbons (Fsp3) is 0.276. The summed E-state index contributed by atoms with van der Waals surface area (Å²) in [5, 5.41) is 18.2. The number of aliphatic carboxylic acids is 1. The number of hydrogen-bond acceptors (Lipinski definition) is 8. The van der Waals surface area contributed by atoms with Gasteiger partial charge in [0.15, 0.2) is 12.4 Å². The van der Waals surface area contributed by atoms with Gasteiger partial charge in [0.05, 0.1) is 24.8 Å². The number of aryl methyl sites for hydroxylation is 2. The molecular formula is C29H25F3N4O5S. The number of carboxylic acid groups (broad SMARTS) is 1. The van der Waals surface area contributed by atoms with E-state index in [1.54, 1.807) is 35.6 Å². The van der Waals surface area contributed by atoms with Crippen LogP contribution >= 0.6 is 11.3 Å². The third kappa shape index (κ3) is 5.39. The molecule has 1 aliphatic heterocycles. The molecule has 3 heterocycles. The molecule has 0 fully saturated rings. The first-order valence-corrected chi connectivity index (χ1v) is 13.5. The number of carbonyl (C=O) groups is 2. The Morgan fingerprint density at radius 3 is 2.38 bits per heavy atom. The molecule has 9 nitrogen and oxygen atoms in total. The number of halogens is 3. The fourth-order valence-corrected chi connectivity index (χ4v) is 6.03. The average Bonchev–Trinajstić information content (AvgIpc) is 3.43. The van der Waals surface area contributed by atoms with Gasteiger partial charge in [-0.05, 0) is 49.6 Å². The lowest BCUT2D eigenvalue weighted by Gasteiger charge is -2.16. The number of ether oxygens (including phenoxy) is 2. The summed E-state index contributed by atoms with van der Waals surface area (Å²) in [7, 11) is 1.29. The van der Waals surface area contributed by atoms with Gasteiger partial charge in [0.2, 0.25) is 0 Å². The first-order chi connectivity index (χ1) is 19.9. The maximum Gasteiger partial charge on any atom is 0.417 e. The Balaban J connectivity index is 1.61. The Morgan fingerprint density at radius 2 is 1.74 bits per heavy atom. The van der Waals surface area contributed by atoms with Crippen LogP contribution in [0.1, 0.15) is 51.2 Å². The van der Waals surface area contributed by atoms with Gasteiger partial charge in [0.1, 0.15) is 22.6 Å². The maximum atomic E-state index is 14.0. The molecule has 0 bridgehead atoms. The van der Waals surface area contributed by atoms with Crippen molar-refractivity contribution in [1.82, 2.24) is 14.8 Å². The molecule has 4 aromatic rings. The Kier molecular flexibility index (Phi) is 7.62. The van der Waals surface area contributed by atoms with Crippen LogP contribution in [0.2, 0.25) is 0 Å². The van der Waals surface area contributed by atoms with Gasteiger partial charge in [-0.3, -0.25) is 14.4 Å². The molecule has 2 aromatic carbocycles. The Morgan fingerprint density at radius 1 is 1.05 bits per heavy atom. The molecule has 0 amide bonds. The van der Waals surface area contributed by atoms with Gasteiger partial charge in [0.25, 0.3) is 0 Å². The molecule has 1 aliphatic rings. The average molecular weight is 599 g/mol. The molecule has 0 unspecified atom stereocenters. The summed E-state index contributed by atoms with van der Waals surface area (Å²) in [6.45, 7) is 5.01. The Bertz CT molecular complexity index is 1720. The molecule has 0 saturated carbocycles. The molecule has 0 aliphatic carbocycles. The molecule has 218 valence electrons. The molecular weight excluding hydrogens is 573 g/mol. The van der Waals surface area contributed by atoms with Gasteiger partial charge in [0, 0.05) is 16.0 Å². The van der Waals surface area contributed by atoms with Crippen LogP contribution in [0.15, 0.2) is 47.5 Å². The fourth-order valence-electron chi connectivity index (χ4n) is 4.82. The van der Waals surface area contributed by atoms with Crippen molar-refractivity contribution in [2.24, 2.45) is 4.99 Å². The minimum atomic E-state index is -4.71. The third-order valence-electron chi connectivity index (χ3n) is 6.96. The number of rotatable bonds is 7. The molecule has 0 spiro atoms. The molecule has 13 heteroatoms. The van der Waals surface area contributed by atoms with E-state index in [2.05, 4.69) is 10.2 Å². The lowest BCUT2D eigenvalue weighted by Crippen LogP contribution is -2.12. The van der Waals surface area contributed by atoms with Crippen molar-refractivity contribution >= 4 is 29.0 Å². The number of nitrogens with zero attached hydrogens (tertiary/aromatic N) is 4. The number of carboxylic acids is 1. The quantitative estimate of drug-likeness (QED) is 0.265. The van der Waals surface area contributed by atoms with Gasteiger partial charge in [-0.1, -0.05) is 30.3 Å². The van der Waals surface area contributed by atoms with Crippen LogP contribution in [0.4, 0.5) is 13.2 Å². The van der Waals surface area contributed by atoms with E-state index >= 15 is 0 Å². The zero-order chi connectivity index (χ0) is 30.3. The van der Waals surface area contributed by atoms with Crippen LogP contribution in [-0.2, 0) is 20.5 Å². The van der Waals surface area contributed by atoms with Crippen molar-refractivity contribution in [3.05, 3.63) is 81.2 Å². The topological polar surface area (TPSA) is 116 Å². The predicted octanol–water partition coefficient (Wildman–Crippen LogP) is 5.86. The second-order valence-corrected chi connectivity index (χ2v) is 10.8. The van der Waals surface area contributed by atoms with Crippen LogP contribution in [0.3, 0.4) is 0 Å². The zero-order valence-corrected chi connectivity index (χ0v) is 23.8. The van der Waals surface area contributed by atoms with Crippen LogP contribution in [0.25, 0.3) is 16.1 Å². The molecule has 1 N–H and O–H groups in total. The van der Waals surface area contributed by atoms with Gasteiger partial charge in [-0.25, -0.2) is 4.79 Å². The SMILES string of the molecule is COC(=O)C[C@@H]1N=C(c2ccc(-c3ccc(OCC(=O)O)cc3C(F)(F)F)cc2)c2c(sc(C)c2C)-n2c(C)nnc21. The van der Waals surface area contributed by atoms with Gasteiger partial charge >= 0.3 is 18.1 Å². The molecule has 0 saturated heterocycles. The minimum absolute atomic E-state index is 0.0750. The van der Waals surface area contributed by atoms with Gasteiger partial charge in [-0.2, -0.15) is 13.2 Å². The van der Waals surface area contributed by atoms with E-state index in [9.17, 15) is 22.8 Å². The van der Waals surface area contributed by atoms with Crippen LogP contribution < -0.4 is 4.74 Å². The number of esters is 1. The smallest absolute Gasteiger partial charge is 0.417 e. The normalized spacial score (nSPS) is 14.5. The van der Waals surface area contributed by atoms with Crippen LogP contribution in [0.5, 0.6) is 5.75 Å². The highest BCUT2D eigenvalue weighted by atomic mass is 32.1. The second-order valence-electron chi connectivity index (χ2n) is 9.64. The number of aromatic nitrogens is 3. The van der Waals surface area contributed by atoms with E-state index < -0.39 is 36.3 Å². The van der Waals surface area contributed by atoms with Crippen molar-refractivity contribution < 1.29 is 37.3 Å². The summed E-state index contributed by atoms with van der Waals surface area (Å²) in [6, 6.07) is 9.16. The highest BCUT2D eigenvalue weighted by molar-refractivity contribution is 7.15. The van der Waals surface area contributed by atoms with E-state index in [1.807, 2.05) is 25.3 Å². The molecule has 0 radical (unpaired) electrons. The molecule has 42 heavy (non-hydrogen) atoms. The summed E-state index contributed by atoms with van der Waals surface area (Å²) in [6.07, 6.45) is -4.79. The third-order valence-corrected chi connectivity index (χ3v) is 8.15. The van der Waals surface area contributed by atoms with E-state index in [0.717, 1.165) is 27.1 Å². The number of methoxy groups -OCH3 is 1. The summed E-state index contributed by atoms with van der Waals surface area (Å²) in [4.78, 5) is 29.1. The summed E-state index contributed by atoms with van der Waals surface area (Å²) >= 11 is 1.54. The standard InChI is InChI=1S/C29H25F3N4O5S/c1-14-15(2)42-28-25(14)26(33-22(12-24(39)40-4)27-35-34-16(3)36(27)28)18-7-5-17(6-8-18)20-10-9-19(41-13-23(37)38)11-21(20)29(30,31)32/h5-11,22H,12-13H2,1-4H3,(H,37,38)/t22-/m0/s1. The number of alkyl halides is 3. The van der Waals surface area contributed by atoms with E-state index in [0.29, 0.717) is 28.5 Å². The lowest BCUT2D eigenvalue weighted by atomic mass is 9.95. The van der Waals surface area contributed by atoms with Crippen molar-refractivity contribution in [2.45, 2.75) is 39.4 Å². The number of aliphatic imine (C=N–C) groups is 1. The van der Waals surface area contributed by atoms with E-state index in [1.165, 1.54) is 19.2 Å². The van der Waals surface area contributed by atoms with Gasteiger partial charge < -0.3 is 14.6 Å².